The van der Waals surface area contributed by atoms with Gasteiger partial charge in [0.05, 0.1) is 47.7 Å². The molecular formula is C29H38N4O10S2. The summed E-state index contributed by atoms with van der Waals surface area (Å²) in [5.74, 6) is 0.674. The van der Waals surface area contributed by atoms with E-state index in [1.54, 1.807) is 18.2 Å². The van der Waals surface area contributed by atoms with Crippen molar-refractivity contribution < 1.29 is 46.1 Å². The van der Waals surface area contributed by atoms with Crippen molar-refractivity contribution in [1.29, 1.82) is 0 Å². The van der Waals surface area contributed by atoms with Gasteiger partial charge >= 0.3 is 6.09 Å². The number of aromatic nitrogens is 1. The van der Waals surface area contributed by atoms with E-state index in [2.05, 4.69) is 4.98 Å². The molecule has 1 amide bonds. The first-order chi connectivity index (χ1) is 21.4. The first kappa shape index (κ1) is 31.8. The average molecular weight is 667 g/mol. The van der Waals surface area contributed by atoms with Crippen LogP contribution in [0.25, 0.3) is 0 Å². The zero-order valence-corrected chi connectivity index (χ0v) is 26.6. The van der Waals surface area contributed by atoms with Gasteiger partial charge < -0.3 is 34.2 Å². The molecule has 2 atom stereocenters. The Balaban J connectivity index is 1.04. The average Bonchev–Trinajstić information content (AvgIpc) is 3.82. The Bertz CT molecular complexity index is 1640. The Labute approximate surface area is 262 Å². The predicted molar refractivity (Wildman–Crippen MR) is 161 cm³/mol. The molecule has 2 N–H and O–H groups in total. The third-order valence-corrected chi connectivity index (χ3v) is 13.1. The normalized spacial score (nSPS) is 22.4. The second-order valence-electron chi connectivity index (χ2n) is 12.1. The zero-order valence-electron chi connectivity index (χ0n) is 24.9. The van der Waals surface area contributed by atoms with Crippen molar-refractivity contribution in [2.45, 2.75) is 64.9 Å². The SMILES string of the molecule is CN1CCOc2ncc(S(=O)(=O)N3CCC4(CC3)C[C@@H](N(C[C@H](O)COc3cccc(S(=O)(=O)C5CC5)c3)C(=O)O)CO4)cc21. The molecule has 2 saturated heterocycles. The molecule has 1 aromatic heterocycles. The quantitative estimate of drug-likeness (QED) is 0.375. The van der Waals surface area contributed by atoms with Gasteiger partial charge in [-0.2, -0.15) is 4.31 Å². The van der Waals surface area contributed by atoms with E-state index in [9.17, 15) is 31.8 Å². The van der Waals surface area contributed by atoms with Gasteiger partial charge in [0.2, 0.25) is 15.9 Å². The second kappa shape index (κ2) is 12.2. The highest BCUT2D eigenvalue weighted by Gasteiger charge is 2.47. The molecule has 3 fully saturated rings. The largest absolute Gasteiger partial charge is 0.491 e. The van der Waals surface area contributed by atoms with Gasteiger partial charge in [0, 0.05) is 20.1 Å². The van der Waals surface area contributed by atoms with Gasteiger partial charge in [0.15, 0.2) is 9.84 Å². The van der Waals surface area contributed by atoms with Crippen LogP contribution in [-0.2, 0) is 24.6 Å². The van der Waals surface area contributed by atoms with Crippen molar-refractivity contribution in [3.05, 3.63) is 36.5 Å². The number of aliphatic hydroxyl groups excluding tert-OH is 1. The number of nitrogens with zero attached hydrogens (tertiary/aromatic N) is 4. The highest BCUT2D eigenvalue weighted by Crippen LogP contribution is 2.40. The highest BCUT2D eigenvalue weighted by atomic mass is 32.2. The molecule has 0 bridgehead atoms. The molecule has 1 saturated carbocycles. The van der Waals surface area contributed by atoms with Crippen molar-refractivity contribution in [1.82, 2.24) is 14.2 Å². The maximum absolute atomic E-state index is 13.5. The monoisotopic (exact) mass is 666 g/mol. The maximum Gasteiger partial charge on any atom is 0.407 e. The van der Waals surface area contributed by atoms with Crippen LogP contribution in [0.4, 0.5) is 10.5 Å². The number of piperidine rings is 1. The molecule has 246 valence electrons. The topological polar surface area (TPSA) is 176 Å². The van der Waals surface area contributed by atoms with Gasteiger partial charge in [-0.05, 0) is 56.4 Å². The number of fused-ring (bicyclic) bond motifs is 1. The molecule has 4 aliphatic rings. The molecule has 2 aromatic rings. The minimum absolute atomic E-state index is 0.0873. The molecule has 0 unspecified atom stereocenters. The molecular weight excluding hydrogens is 628 g/mol. The third-order valence-electron chi connectivity index (χ3n) is 8.98. The van der Waals surface area contributed by atoms with Gasteiger partial charge in [-0.15, -0.1) is 0 Å². The van der Waals surface area contributed by atoms with Crippen molar-refractivity contribution in [2.24, 2.45) is 0 Å². The molecule has 45 heavy (non-hydrogen) atoms. The summed E-state index contributed by atoms with van der Waals surface area (Å²) < 4.78 is 70.7. The smallest absolute Gasteiger partial charge is 0.407 e. The third kappa shape index (κ3) is 6.56. The van der Waals surface area contributed by atoms with Gasteiger partial charge in [-0.25, -0.2) is 26.6 Å². The number of carbonyl (C=O) groups is 1. The molecule has 4 heterocycles. The number of carboxylic acid groups (broad SMARTS) is 1. The van der Waals surface area contributed by atoms with E-state index in [0.717, 1.165) is 4.90 Å². The Hall–Kier alpha value is -3.18. The van der Waals surface area contributed by atoms with Crippen LogP contribution in [0.3, 0.4) is 0 Å². The van der Waals surface area contributed by atoms with Crippen LogP contribution >= 0.6 is 0 Å². The number of amides is 1. The van der Waals surface area contributed by atoms with Gasteiger partial charge in [-0.1, -0.05) is 6.07 Å². The van der Waals surface area contributed by atoms with E-state index in [-0.39, 0.29) is 53.6 Å². The van der Waals surface area contributed by atoms with Gasteiger partial charge in [0.25, 0.3) is 0 Å². The summed E-state index contributed by atoms with van der Waals surface area (Å²) in [6.45, 7) is 1.17. The number of pyridine rings is 1. The summed E-state index contributed by atoms with van der Waals surface area (Å²) in [7, 11) is -5.36. The van der Waals surface area contributed by atoms with Crippen LogP contribution in [-0.4, -0.2) is 123 Å². The molecule has 1 aromatic carbocycles. The number of ether oxygens (including phenoxy) is 3. The number of hydrogen-bond donors (Lipinski definition) is 2. The van der Waals surface area contributed by atoms with E-state index in [1.165, 1.54) is 22.6 Å². The lowest BCUT2D eigenvalue weighted by Gasteiger charge is -2.38. The number of sulfonamides is 1. The first-order valence-electron chi connectivity index (χ1n) is 15.0. The molecule has 1 aliphatic carbocycles. The van der Waals surface area contributed by atoms with Crippen LogP contribution in [0, 0.1) is 0 Å². The van der Waals surface area contributed by atoms with E-state index in [4.69, 9.17) is 14.2 Å². The molecule has 16 heteroatoms. The standard InChI is InChI=1S/C29H38N4O10S2/c1-31-11-12-41-27-26(31)14-25(16-30-27)45(39,40)32-9-7-29(8-10-32)15-20(18-43-29)33(28(35)36)17-21(34)19-42-22-3-2-4-24(13-22)44(37,38)23-5-6-23/h2-4,13-14,16,20-21,23,34H,5-12,15,17-19H2,1H3,(H,35,36)/t20-,21+/m1/s1. The van der Waals surface area contributed by atoms with E-state index < -0.39 is 43.7 Å². The molecule has 6 rings (SSSR count). The van der Waals surface area contributed by atoms with Crippen LogP contribution in [0.15, 0.2) is 46.3 Å². The molecule has 1 spiro atoms. The number of rotatable bonds is 10. The lowest BCUT2D eigenvalue weighted by Crippen LogP contribution is -2.48. The number of benzene rings is 1. The first-order valence-corrected chi connectivity index (χ1v) is 18.0. The van der Waals surface area contributed by atoms with E-state index in [1.807, 2.05) is 11.9 Å². The Morgan fingerprint density at radius 2 is 1.91 bits per heavy atom. The summed E-state index contributed by atoms with van der Waals surface area (Å²) in [5, 5.41) is 20.3. The number of aliphatic hydroxyl groups is 1. The second-order valence-corrected chi connectivity index (χ2v) is 16.3. The Morgan fingerprint density at radius 3 is 2.62 bits per heavy atom. The fourth-order valence-electron chi connectivity index (χ4n) is 6.17. The fraction of sp³-hybridized carbons (Fsp3) is 0.586. The van der Waals surface area contributed by atoms with E-state index >= 15 is 0 Å². The maximum atomic E-state index is 13.5. The van der Waals surface area contributed by atoms with Crippen LogP contribution in [0.2, 0.25) is 0 Å². The van der Waals surface area contributed by atoms with E-state index in [0.29, 0.717) is 56.8 Å². The lowest BCUT2D eigenvalue weighted by molar-refractivity contribution is -0.0319. The van der Waals surface area contributed by atoms with Crippen molar-refractivity contribution in [3.63, 3.8) is 0 Å². The summed E-state index contributed by atoms with van der Waals surface area (Å²) in [6.07, 6.45) is 1.35. The number of likely N-dealkylation sites (N-methyl/N-ethyl adjacent to an activating group) is 1. The number of sulfone groups is 1. The summed E-state index contributed by atoms with van der Waals surface area (Å²) in [6, 6.07) is 7.14. The predicted octanol–water partition coefficient (Wildman–Crippen LogP) is 1.58. The minimum Gasteiger partial charge on any atom is -0.491 e. The lowest BCUT2D eigenvalue weighted by atomic mass is 9.88. The molecule has 3 aliphatic heterocycles. The Kier molecular flexibility index (Phi) is 8.62. The van der Waals surface area contributed by atoms with Crippen molar-refractivity contribution in [3.8, 4) is 11.6 Å². The van der Waals surface area contributed by atoms with Gasteiger partial charge in [-0.3, -0.25) is 0 Å². The van der Waals surface area contributed by atoms with Crippen LogP contribution in [0.5, 0.6) is 11.6 Å². The van der Waals surface area contributed by atoms with Crippen LogP contribution < -0.4 is 14.4 Å². The molecule has 0 radical (unpaired) electrons. The summed E-state index contributed by atoms with van der Waals surface area (Å²) in [4.78, 5) is 19.7. The highest BCUT2D eigenvalue weighted by molar-refractivity contribution is 7.92. The number of anilines is 1. The zero-order chi connectivity index (χ0) is 32.0. The fourth-order valence-corrected chi connectivity index (χ4v) is 9.27. The summed E-state index contributed by atoms with van der Waals surface area (Å²) in [5.41, 5.74) is -0.0595. The Morgan fingerprint density at radius 1 is 1.16 bits per heavy atom. The minimum atomic E-state index is -3.82. The van der Waals surface area contributed by atoms with Crippen molar-refractivity contribution >= 4 is 31.6 Å². The van der Waals surface area contributed by atoms with Gasteiger partial charge in [0.1, 0.15) is 35.7 Å². The molecule has 14 nitrogen and oxygen atoms in total. The van der Waals surface area contributed by atoms with Crippen molar-refractivity contribution in [2.75, 3.05) is 57.9 Å². The van der Waals surface area contributed by atoms with Crippen LogP contribution in [0.1, 0.15) is 32.1 Å². The summed E-state index contributed by atoms with van der Waals surface area (Å²) >= 11 is 0. The number of hydrogen-bond acceptors (Lipinski definition) is 11.